The van der Waals surface area contributed by atoms with Crippen LogP contribution in [0, 0.1) is 5.92 Å². The van der Waals surface area contributed by atoms with Crippen molar-refractivity contribution in [1.82, 2.24) is 14.9 Å². The minimum Gasteiger partial charge on any atom is -0.444 e. The fourth-order valence-corrected chi connectivity index (χ4v) is 3.41. The number of carbonyl (C=O) groups is 1. The molecule has 0 radical (unpaired) electrons. The predicted octanol–water partition coefficient (Wildman–Crippen LogP) is 2.48. The molecule has 0 saturated carbocycles. The number of piperidine rings is 1. The maximum Gasteiger partial charge on any atom is 0.415 e. The molecule has 6 nitrogen and oxygen atoms in total. The minimum absolute atomic E-state index is 0.0822. The summed E-state index contributed by atoms with van der Waals surface area (Å²) in [6, 6.07) is 2.57. The summed E-state index contributed by atoms with van der Waals surface area (Å²) in [5.74, 6) is 1.32. The van der Waals surface area contributed by atoms with Gasteiger partial charge in [0.2, 0.25) is 0 Å². The molecular weight excluding hydrogens is 292 g/mol. The maximum atomic E-state index is 11.8. The first-order chi connectivity index (χ1) is 11.0. The third-order valence-corrected chi connectivity index (χ3v) is 4.83. The van der Waals surface area contributed by atoms with E-state index in [1.54, 1.807) is 11.2 Å². The number of rotatable bonds is 4. The van der Waals surface area contributed by atoms with Crippen LogP contribution in [0.1, 0.15) is 39.3 Å². The van der Waals surface area contributed by atoms with Crippen LogP contribution in [0.5, 0.6) is 0 Å². The van der Waals surface area contributed by atoms with Gasteiger partial charge in [-0.1, -0.05) is 0 Å². The van der Waals surface area contributed by atoms with Crippen molar-refractivity contribution in [1.29, 1.82) is 0 Å². The van der Waals surface area contributed by atoms with Gasteiger partial charge in [-0.3, -0.25) is 4.90 Å². The number of nitrogens with zero attached hydrogens (tertiary/aromatic N) is 4. The molecule has 3 rings (SSSR count). The van der Waals surface area contributed by atoms with E-state index in [0.717, 1.165) is 25.2 Å². The van der Waals surface area contributed by atoms with Gasteiger partial charge in [-0.15, -0.1) is 0 Å². The molecule has 2 saturated heterocycles. The molecule has 2 fully saturated rings. The molecule has 6 heteroatoms. The predicted molar refractivity (Wildman–Crippen MR) is 88.5 cm³/mol. The highest BCUT2D eigenvalue weighted by Gasteiger charge is 2.30. The minimum atomic E-state index is -0.313. The van der Waals surface area contributed by atoms with Crippen molar-refractivity contribution in [2.75, 3.05) is 24.5 Å². The van der Waals surface area contributed by atoms with Gasteiger partial charge in [0.25, 0.3) is 0 Å². The molecule has 0 bridgehead atoms. The summed E-state index contributed by atoms with van der Waals surface area (Å²) in [6.07, 6.45) is 4.54. The lowest BCUT2D eigenvalue weighted by Crippen LogP contribution is -2.38. The number of amides is 1. The van der Waals surface area contributed by atoms with Gasteiger partial charge >= 0.3 is 6.09 Å². The van der Waals surface area contributed by atoms with E-state index in [9.17, 15) is 4.79 Å². The van der Waals surface area contributed by atoms with E-state index >= 15 is 0 Å². The quantitative estimate of drug-likeness (QED) is 0.853. The van der Waals surface area contributed by atoms with Crippen LogP contribution in [0.4, 0.5) is 10.6 Å². The largest absolute Gasteiger partial charge is 0.444 e. The summed E-state index contributed by atoms with van der Waals surface area (Å²) >= 11 is 0. The Kier molecular flexibility index (Phi) is 4.80. The standard InChI is InChI=1S/C17H26N4O2/c1-12(2)20-6-4-14(5-7-20)8-15-9-16(19-11-18-15)21-10-13(3)23-17(21)22/h9,11-14H,4-8,10H2,1-3H3/t13-/m1/s1. The lowest BCUT2D eigenvalue weighted by molar-refractivity contribution is 0.149. The summed E-state index contributed by atoms with van der Waals surface area (Å²) in [7, 11) is 0. The Balaban J connectivity index is 1.61. The zero-order valence-corrected chi connectivity index (χ0v) is 14.2. The molecule has 1 aromatic rings. The summed E-state index contributed by atoms with van der Waals surface area (Å²) in [5.41, 5.74) is 1.02. The monoisotopic (exact) mass is 318 g/mol. The third-order valence-electron chi connectivity index (χ3n) is 4.83. The van der Waals surface area contributed by atoms with Gasteiger partial charge in [-0.2, -0.15) is 0 Å². The number of likely N-dealkylation sites (tertiary alicyclic amines) is 1. The van der Waals surface area contributed by atoms with Gasteiger partial charge in [-0.05, 0) is 59.0 Å². The summed E-state index contributed by atoms with van der Waals surface area (Å²) in [4.78, 5) is 24.6. The smallest absolute Gasteiger partial charge is 0.415 e. The Labute approximate surface area is 137 Å². The maximum absolute atomic E-state index is 11.8. The van der Waals surface area contributed by atoms with Crippen molar-refractivity contribution < 1.29 is 9.53 Å². The highest BCUT2D eigenvalue weighted by atomic mass is 16.6. The number of cyclic esters (lactones) is 1. The van der Waals surface area contributed by atoms with Crippen LogP contribution < -0.4 is 4.90 Å². The van der Waals surface area contributed by atoms with Crippen molar-refractivity contribution in [2.24, 2.45) is 5.92 Å². The Bertz CT molecular complexity index is 555. The molecule has 0 spiro atoms. The van der Waals surface area contributed by atoms with Crippen LogP contribution in [0.2, 0.25) is 0 Å². The second kappa shape index (κ2) is 6.83. The average molecular weight is 318 g/mol. The number of aromatic nitrogens is 2. The summed E-state index contributed by atoms with van der Waals surface area (Å²) in [6.45, 7) is 9.29. The van der Waals surface area contributed by atoms with E-state index in [2.05, 4.69) is 28.7 Å². The number of ether oxygens (including phenoxy) is 1. The van der Waals surface area contributed by atoms with Gasteiger partial charge < -0.3 is 9.64 Å². The number of hydrogen-bond acceptors (Lipinski definition) is 5. The molecule has 0 N–H and O–H groups in total. The second-order valence-electron chi connectivity index (χ2n) is 6.95. The molecule has 0 aromatic carbocycles. The van der Waals surface area contributed by atoms with E-state index in [4.69, 9.17) is 4.74 Å². The Hall–Kier alpha value is -1.69. The lowest BCUT2D eigenvalue weighted by Gasteiger charge is -2.34. The molecule has 1 aromatic heterocycles. The molecule has 2 aliphatic rings. The van der Waals surface area contributed by atoms with Crippen LogP contribution >= 0.6 is 0 Å². The van der Waals surface area contributed by atoms with Crippen molar-refractivity contribution in [3.8, 4) is 0 Å². The van der Waals surface area contributed by atoms with Crippen LogP contribution in [0.3, 0.4) is 0 Å². The summed E-state index contributed by atoms with van der Waals surface area (Å²) in [5, 5.41) is 0. The lowest BCUT2D eigenvalue weighted by atomic mass is 9.91. The number of anilines is 1. The highest BCUT2D eigenvalue weighted by Crippen LogP contribution is 2.24. The Morgan fingerprint density at radius 3 is 2.65 bits per heavy atom. The second-order valence-corrected chi connectivity index (χ2v) is 6.95. The van der Waals surface area contributed by atoms with E-state index < -0.39 is 0 Å². The zero-order chi connectivity index (χ0) is 16.4. The zero-order valence-electron chi connectivity index (χ0n) is 14.2. The Morgan fingerprint density at radius 2 is 2.04 bits per heavy atom. The van der Waals surface area contributed by atoms with E-state index in [1.807, 2.05) is 13.0 Å². The molecule has 126 valence electrons. The Morgan fingerprint density at radius 1 is 1.30 bits per heavy atom. The molecular formula is C17H26N4O2. The van der Waals surface area contributed by atoms with Crippen LogP contribution in [-0.4, -0.2) is 52.7 Å². The fraction of sp³-hybridized carbons (Fsp3) is 0.706. The fourth-order valence-electron chi connectivity index (χ4n) is 3.41. The van der Waals surface area contributed by atoms with Gasteiger partial charge in [-0.25, -0.2) is 14.8 Å². The molecule has 23 heavy (non-hydrogen) atoms. The first-order valence-corrected chi connectivity index (χ1v) is 8.56. The van der Waals surface area contributed by atoms with Crippen LogP contribution in [0.15, 0.2) is 12.4 Å². The van der Waals surface area contributed by atoms with Crippen molar-refractivity contribution >= 4 is 11.9 Å². The first-order valence-electron chi connectivity index (χ1n) is 8.56. The normalized spacial score (nSPS) is 23.6. The molecule has 0 unspecified atom stereocenters. The summed E-state index contributed by atoms with van der Waals surface area (Å²) < 4.78 is 5.17. The van der Waals surface area contributed by atoms with Gasteiger partial charge in [0.15, 0.2) is 0 Å². The number of hydrogen-bond donors (Lipinski definition) is 0. The topological polar surface area (TPSA) is 58.6 Å². The highest BCUT2D eigenvalue weighted by molar-refractivity contribution is 5.88. The van der Waals surface area contributed by atoms with Crippen molar-refractivity contribution in [3.05, 3.63) is 18.1 Å². The van der Waals surface area contributed by atoms with E-state index in [0.29, 0.717) is 24.3 Å². The van der Waals surface area contributed by atoms with Crippen LogP contribution in [-0.2, 0) is 11.2 Å². The first kappa shape index (κ1) is 16.2. The van der Waals surface area contributed by atoms with Crippen molar-refractivity contribution in [2.45, 2.75) is 52.2 Å². The molecule has 3 heterocycles. The molecule has 1 amide bonds. The van der Waals surface area contributed by atoms with Gasteiger partial charge in [0, 0.05) is 17.8 Å². The molecule has 0 aliphatic carbocycles. The SMILES string of the molecule is CC(C)N1CCC(Cc2cc(N3C[C@@H](C)OC3=O)ncn2)CC1. The molecule has 1 atom stereocenters. The van der Waals surface area contributed by atoms with E-state index in [-0.39, 0.29) is 12.2 Å². The van der Waals surface area contributed by atoms with E-state index in [1.165, 1.54) is 12.8 Å². The van der Waals surface area contributed by atoms with Crippen molar-refractivity contribution in [3.63, 3.8) is 0 Å². The van der Waals surface area contributed by atoms with Gasteiger partial charge in [0.1, 0.15) is 18.2 Å². The average Bonchev–Trinajstić information content (AvgIpc) is 2.87. The number of carbonyl (C=O) groups excluding carboxylic acids is 1. The van der Waals surface area contributed by atoms with Gasteiger partial charge in [0.05, 0.1) is 6.54 Å². The molecule has 2 aliphatic heterocycles. The third kappa shape index (κ3) is 3.80. The van der Waals surface area contributed by atoms with Crippen LogP contribution in [0.25, 0.3) is 0 Å².